The van der Waals surface area contributed by atoms with Crippen molar-refractivity contribution in [2.75, 3.05) is 19.6 Å². The number of carbonyl (C=O) groups is 1. The Morgan fingerprint density at radius 3 is 2.61 bits per heavy atom. The van der Waals surface area contributed by atoms with Crippen LogP contribution < -0.4 is 5.32 Å². The van der Waals surface area contributed by atoms with Crippen LogP contribution in [0.1, 0.15) is 51.1 Å². The van der Waals surface area contributed by atoms with Crippen molar-refractivity contribution >= 4 is 17.4 Å². The van der Waals surface area contributed by atoms with Crippen LogP contribution in [-0.2, 0) is 11.3 Å². The molecular weight excluding hydrogens is 310 g/mol. The van der Waals surface area contributed by atoms with E-state index < -0.39 is 5.60 Å². The number of hydrogen-bond acceptors (Lipinski definition) is 5. The maximum Gasteiger partial charge on any atom is 0.410 e. The Morgan fingerprint density at radius 1 is 1.43 bits per heavy atom. The fourth-order valence-corrected chi connectivity index (χ4v) is 3.45. The standard InChI is InChI=1S/C17H29N3O2S/c1-13-14(23-12-19-13)10-18-11-17(5)6-8-20(9-7-17)15(21)22-16(2,3)4/h12,18H,6-11H2,1-5H3. The van der Waals surface area contributed by atoms with Crippen LogP contribution in [-0.4, -0.2) is 41.2 Å². The molecule has 6 heteroatoms. The van der Waals surface area contributed by atoms with Gasteiger partial charge in [-0.3, -0.25) is 0 Å². The molecule has 0 bridgehead atoms. The molecule has 0 atom stereocenters. The van der Waals surface area contributed by atoms with Gasteiger partial charge in [-0.05, 0) is 46.0 Å². The van der Waals surface area contributed by atoms with Crippen LogP contribution in [0.5, 0.6) is 0 Å². The van der Waals surface area contributed by atoms with Crippen molar-refractivity contribution in [3.05, 3.63) is 16.1 Å². The van der Waals surface area contributed by atoms with Crippen LogP contribution in [0, 0.1) is 12.3 Å². The van der Waals surface area contributed by atoms with Crippen LogP contribution in [0.3, 0.4) is 0 Å². The highest BCUT2D eigenvalue weighted by Gasteiger charge is 2.33. The van der Waals surface area contributed by atoms with Crippen molar-refractivity contribution in [2.24, 2.45) is 5.41 Å². The molecular formula is C17H29N3O2S. The van der Waals surface area contributed by atoms with E-state index in [0.717, 1.165) is 44.7 Å². The van der Waals surface area contributed by atoms with Crippen LogP contribution in [0.2, 0.25) is 0 Å². The first-order valence-corrected chi connectivity index (χ1v) is 9.14. The summed E-state index contributed by atoms with van der Waals surface area (Å²) < 4.78 is 5.45. The van der Waals surface area contributed by atoms with Gasteiger partial charge in [-0.1, -0.05) is 6.92 Å². The molecule has 2 rings (SSSR count). The van der Waals surface area contributed by atoms with Gasteiger partial charge in [0.25, 0.3) is 0 Å². The summed E-state index contributed by atoms with van der Waals surface area (Å²) in [4.78, 5) is 19.5. The normalized spacial score (nSPS) is 18.0. The van der Waals surface area contributed by atoms with Crippen molar-refractivity contribution in [3.63, 3.8) is 0 Å². The molecule has 0 unspecified atom stereocenters. The quantitative estimate of drug-likeness (QED) is 0.911. The van der Waals surface area contributed by atoms with Gasteiger partial charge in [0.15, 0.2) is 0 Å². The highest BCUT2D eigenvalue weighted by atomic mass is 32.1. The molecule has 130 valence electrons. The topological polar surface area (TPSA) is 54.5 Å². The number of likely N-dealkylation sites (tertiary alicyclic amines) is 1. The minimum atomic E-state index is -0.425. The number of nitrogens with one attached hydrogen (secondary N) is 1. The van der Waals surface area contributed by atoms with Gasteiger partial charge in [-0.15, -0.1) is 11.3 Å². The van der Waals surface area contributed by atoms with Gasteiger partial charge < -0.3 is 15.0 Å². The number of ether oxygens (including phenoxy) is 1. The van der Waals surface area contributed by atoms with E-state index >= 15 is 0 Å². The minimum absolute atomic E-state index is 0.187. The summed E-state index contributed by atoms with van der Waals surface area (Å²) in [6.45, 7) is 13.5. The monoisotopic (exact) mass is 339 g/mol. The number of aromatic nitrogens is 1. The fraction of sp³-hybridized carbons (Fsp3) is 0.765. The SMILES string of the molecule is Cc1ncsc1CNCC1(C)CCN(C(=O)OC(C)(C)C)CC1. The summed E-state index contributed by atoms with van der Waals surface area (Å²) in [5, 5.41) is 3.56. The van der Waals surface area contributed by atoms with Crippen molar-refractivity contribution in [1.29, 1.82) is 0 Å². The third-order valence-electron chi connectivity index (χ3n) is 4.30. The van der Waals surface area contributed by atoms with Crippen LogP contribution in [0.25, 0.3) is 0 Å². The highest BCUT2D eigenvalue weighted by molar-refractivity contribution is 7.09. The molecule has 0 aromatic carbocycles. The predicted octanol–water partition coefficient (Wildman–Crippen LogP) is 3.58. The first-order chi connectivity index (χ1) is 10.7. The largest absolute Gasteiger partial charge is 0.444 e. The van der Waals surface area contributed by atoms with Crippen LogP contribution in [0.4, 0.5) is 4.79 Å². The second-order valence-corrected chi connectivity index (χ2v) is 8.68. The predicted molar refractivity (Wildman–Crippen MR) is 93.7 cm³/mol. The van der Waals surface area contributed by atoms with E-state index in [0.29, 0.717) is 0 Å². The van der Waals surface area contributed by atoms with E-state index in [1.165, 1.54) is 4.88 Å². The second-order valence-electron chi connectivity index (χ2n) is 7.74. The maximum atomic E-state index is 12.1. The maximum absolute atomic E-state index is 12.1. The van der Waals surface area contributed by atoms with E-state index in [-0.39, 0.29) is 11.5 Å². The Bertz CT molecular complexity index is 528. The summed E-state index contributed by atoms with van der Waals surface area (Å²) in [6.07, 6.45) is 1.81. The number of aryl methyl sites for hydroxylation is 1. The smallest absolute Gasteiger partial charge is 0.410 e. The van der Waals surface area contributed by atoms with Gasteiger partial charge in [0.2, 0.25) is 0 Å². The van der Waals surface area contributed by atoms with Crippen molar-refractivity contribution in [2.45, 2.75) is 59.6 Å². The Morgan fingerprint density at radius 2 is 2.09 bits per heavy atom. The number of hydrogen-bond donors (Lipinski definition) is 1. The third kappa shape index (κ3) is 5.46. The van der Waals surface area contributed by atoms with Crippen molar-refractivity contribution < 1.29 is 9.53 Å². The molecule has 23 heavy (non-hydrogen) atoms. The van der Waals surface area contributed by atoms with Crippen LogP contribution >= 0.6 is 11.3 Å². The van der Waals surface area contributed by atoms with Crippen LogP contribution in [0.15, 0.2) is 5.51 Å². The summed E-state index contributed by atoms with van der Waals surface area (Å²) in [7, 11) is 0. The molecule has 1 aromatic heterocycles. The molecule has 0 aliphatic carbocycles. The second kappa shape index (κ2) is 7.18. The Hall–Kier alpha value is -1.14. The number of rotatable bonds is 4. The average molecular weight is 340 g/mol. The zero-order chi connectivity index (χ0) is 17.1. The first-order valence-electron chi connectivity index (χ1n) is 8.26. The molecule has 1 N–H and O–H groups in total. The van der Waals surface area contributed by atoms with Gasteiger partial charge in [0, 0.05) is 31.1 Å². The molecule has 0 radical (unpaired) electrons. The van der Waals surface area contributed by atoms with Gasteiger partial charge in [0.1, 0.15) is 5.60 Å². The van der Waals surface area contributed by atoms with Gasteiger partial charge in [0.05, 0.1) is 11.2 Å². The lowest BCUT2D eigenvalue weighted by atomic mass is 9.80. The highest BCUT2D eigenvalue weighted by Crippen LogP contribution is 2.31. The molecule has 0 saturated carbocycles. The fourth-order valence-electron chi connectivity index (χ4n) is 2.71. The van der Waals surface area contributed by atoms with Gasteiger partial charge in [-0.25, -0.2) is 9.78 Å². The van der Waals surface area contributed by atoms with E-state index in [9.17, 15) is 4.79 Å². The first kappa shape index (κ1) is 18.2. The van der Waals surface area contributed by atoms with Gasteiger partial charge in [-0.2, -0.15) is 0 Å². The molecule has 5 nitrogen and oxygen atoms in total. The number of carbonyl (C=O) groups excluding carboxylic acids is 1. The number of amides is 1. The zero-order valence-corrected chi connectivity index (χ0v) is 15.8. The molecule has 1 aliphatic rings. The van der Waals surface area contributed by atoms with E-state index in [1.54, 1.807) is 11.3 Å². The molecule has 2 heterocycles. The Balaban J connectivity index is 1.76. The summed E-state index contributed by atoms with van der Waals surface area (Å²) >= 11 is 1.70. The third-order valence-corrected chi connectivity index (χ3v) is 5.24. The van der Waals surface area contributed by atoms with Gasteiger partial charge >= 0.3 is 6.09 Å². The molecule has 1 fully saturated rings. The van der Waals surface area contributed by atoms with E-state index in [2.05, 4.69) is 24.1 Å². The minimum Gasteiger partial charge on any atom is -0.444 e. The molecule has 1 aliphatic heterocycles. The van der Waals surface area contributed by atoms with Crippen molar-refractivity contribution in [3.8, 4) is 0 Å². The summed E-state index contributed by atoms with van der Waals surface area (Å²) in [5.41, 5.74) is 2.82. The molecule has 1 aromatic rings. The lowest BCUT2D eigenvalue weighted by molar-refractivity contribution is 0.0119. The lowest BCUT2D eigenvalue weighted by Gasteiger charge is -2.39. The lowest BCUT2D eigenvalue weighted by Crippen LogP contribution is -2.47. The molecule has 1 amide bonds. The Labute approximate surface area is 143 Å². The summed E-state index contributed by atoms with van der Waals surface area (Å²) in [6, 6.07) is 0. The molecule has 1 saturated heterocycles. The molecule has 0 spiro atoms. The number of piperidine rings is 1. The van der Waals surface area contributed by atoms with E-state index in [4.69, 9.17) is 4.74 Å². The Kier molecular flexibility index (Phi) is 5.68. The van der Waals surface area contributed by atoms with Crippen molar-refractivity contribution in [1.82, 2.24) is 15.2 Å². The average Bonchev–Trinajstić information content (AvgIpc) is 2.83. The van der Waals surface area contributed by atoms with E-state index in [1.807, 2.05) is 31.2 Å². The zero-order valence-electron chi connectivity index (χ0n) is 14.9. The number of thiazole rings is 1. The summed E-state index contributed by atoms with van der Waals surface area (Å²) in [5.74, 6) is 0. The number of nitrogens with zero attached hydrogens (tertiary/aromatic N) is 2.